The SMILES string of the molecule is CC(=O)N1CCN(c2cc([C@@H]3COCCN3)nc(C)n2)CC1. The van der Waals surface area contributed by atoms with E-state index in [0.717, 1.165) is 56.7 Å². The second-order valence-corrected chi connectivity index (χ2v) is 5.77. The summed E-state index contributed by atoms with van der Waals surface area (Å²) >= 11 is 0. The number of ether oxygens (including phenoxy) is 1. The quantitative estimate of drug-likeness (QED) is 0.836. The van der Waals surface area contributed by atoms with Crippen molar-refractivity contribution >= 4 is 11.7 Å². The van der Waals surface area contributed by atoms with Crippen molar-refractivity contribution in [3.63, 3.8) is 0 Å². The zero-order valence-electron chi connectivity index (χ0n) is 13.2. The van der Waals surface area contributed by atoms with Gasteiger partial charge in [0.05, 0.1) is 24.9 Å². The number of aryl methyl sites for hydroxylation is 1. The smallest absolute Gasteiger partial charge is 0.219 e. The lowest BCUT2D eigenvalue weighted by molar-refractivity contribution is -0.129. The third kappa shape index (κ3) is 3.36. The third-order valence-corrected chi connectivity index (χ3v) is 4.17. The minimum Gasteiger partial charge on any atom is -0.378 e. The molecule has 1 amide bonds. The average Bonchev–Trinajstić information content (AvgIpc) is 2.55. The number of morpholine rings is 1. The molecule has 0 unspecified atom stereocenters. The van der Waals surface area contributed by atoms with Gasteiger partial charge in [0.25, 0.3) is 0 Å². The molecule has 0 saturated carbocycles. The van der Waals surface area contributed by atoms with Crippen molar-refractivity contribution in [3.05, 3.63) is 17.6 Å². The molecular weight excluding hydrogens is 282 g/mol. The van der Waals surface area contributed by atoms with Crippen molar-refractivity contribution in [2.24, 2.45) is 0 Å². The molecule has 0 radical (unpaired) electrons. The van der Waals surface area contributed by atoms with Gasteiger partial charge in [0.1, 0.15) is 11.6 Å². The number of amides is 1. The molecule has 1 aromatic heterocycles. The van der Waals surface area contributed by atoms with Crippen molar-refractivity contribution in [1.29, 1.82) is 0 Å². The van der Waals surface area contributed by atoms with E-state index in [4.69, 9.17) is 4.74 Å². The predicted molar refractivity (Wildman–Crippen MR) is 82.8 cm³/mol. The van der Waals surface area contributed by atoms with E-state index in [9.17, 15) is 4.79 Å². The highest BCUT2D eigenvalue weighted by atomic mass is 16.5. The fourth-order valence-electron chi connectivity index (χ4n) is 2.92. The van der Waals surface area contributed by atoms with E-state index in [1.54, 1.807) is 6.92 Å². The number of anilines is 1. The first-order valence-corrected chi connectivity index (χ1v) is 7.80. The summed E-state index contributed by atoms with van der Waals surface area (Å²) in [6.45, 7) is 8.90. The van der Waals surface area contributed by atoms with Gasteiger partial charge in [-0.1, -0.05) is 0 Å². The summed E-state index contributed by atoms with van der Waals surface area (Å²) in [5.41, 5.74) is 0.983. The Morgan fingerprint density at radius 1 is 1.32 bits per heavy atom. The molecule has 3 rings (SSSR count). The minimum atomic E-state index is 0.132. The summed E-state index contributed by atoms with van der Waals surface area (Å²) in [7, 11) is 0. The van der Waals surface area contributed by atoms with E-state index in [1.807, 2.05) is 17.9 Å². The third-order valence-electron chi connectivity index (χ3n) is 4.17. The van der Waals surface area contributed by atoms with Crippen molar-refractivity contribution in [1.82, 2.24) is 20.2 Å². The lowest BCUT2D eigenvalue weighted by atomic mass is 10.2. The molecule has 2 saturated heterocycles. The maximum Gasteiger partial charge on any atom is 0.219 e. The number of carbonyl (C=O) groups is 1. The monoisotopic (exact) mass is 305 g/mol. The van der Waals surface area contributed by atoms with Crippen molar-refractivity contribution in [2.45, 2.75) is 19.9 Å². The fourth-order valence-corrected chi connectivity index (χ4v) is 2.92. The van der Waals surface area contributed by atoms with Gasteiger partial charge in [-0.3, -0.25) is 4.79 Å². The molecule has 7 nitrogen and oxygen atoms in total. The number of aromatic nitrogens is 2. The molecule has 1 aromatic rings. The van der Waals surface area contributed by atoms with Crippen LogP contribution in [0.25, 0.3) is 0 Å². The van der Waals surface area contributed by atoms with Gasteiger partial charge in [-0.25, -0.2) is 9.97 Å². The van der Waals surface area contributed by atoms with E-state index in [-0.39, 0.29) is 11.9 Å². The average molecular weight is 305 g/mol. The Labute approximate surface area is 130 Å². The lowest BCUT2D eigenvalue weighted by Gasteiger charge is -2.35. The Morgan fingerprint density at radius 2 is 2.09 bits per heavy atom. The molecule has 22 heavy (non-hydrogen) atoms. The highest BCUT2D eigenvalue weighted by Gasteiger charge is 2.22. The molecular formula is C15H23N5O2. The van der Waals surface area contributed by atoms with E-state index >= 15 is 0 Å². The van der Waals surface area contributed by atoms with Gasteiger partial charge in [0.2, 0.25) is 5.91 Å². The number of nitrogens with zero attached hydrogens (tertiary/aromatic N) is 4. The first-order chi connectivity index (χ1) is 10.6. The number of nitrogens with one attached hydrogen (secondary N) is 1. The second-order valence-electron chi connectivity index (χ2n) is 5.77. The number of hydrogen-bond donors (Lipinski definition) is 1. The Balaban J connectivity index is 1.74. The van der Waals surface area contributed by atoms with Crippen LogP contribution in [0.5, 0.6) is 0 Å². The topological polar surface area (TPSA) is 70.6 Å². The molecule has 0 spiro atoms. The second kappa shape index (κ2) is 6.58. The van der Waals surface area contributed by atoms with Crippen LogP contribution in [0.1, 0.15) is 24.5 Å². The first-order valence-electron chi connectivity index (χ1n) is 7.80. The summed E-state index contributed by atoms with van der Waals surface area (Å²) in [6, 6.07) is 2.18. The Hall–Kier alpha value is -1.73. The molecule has 1 N–H and O–H groups in total. The summed E-state index contributed by atoms with van der Waals surface area (Å²) in [6.07, 6.45) is 0. The van der Waals surface area contributed by atoms with Crippen LogP contribution >= 0.6 is 0 Å². The summed E-state index contributed by atoms with van der Waals surface area (Å²) in [4.78, 5) is 24.6. The summed E-state index contributed by atoms with van der Waals surface area (Å²) in [5.74, 6) is 1.86. The first kappa shape index (κ1) is 15.2. The van der Waals surface area contributed by atoms with Crippen LogP contribution in [0.2, 0.25) is 0 Å². The van der Waals surface area contributed by atoms with Crippen molar-refractivity contribution in [2.75, 3.05) is 50.8 Å². The van der Waals surface area contributed by atoms with Crippen LogP contribution in [-0.4, -0.2) is 66.7 Å². The van der Waals surface area contributed by atoms with E-state index in [2.05, 4.69) is 20.2 Å². The normalized spacial score (nSPS) is 22.7. The van der Waals surface area contributed by atoms with E-state index < -0.39 is 0 Å². The molecule has 2 fully saturated rings. The van der Waals surface area contributed by atoms with Gasteiger partial charge in [-0.15, -0.1) is 0 Å². The number of rotatable bonds is 2. The highest BCUT2D eigenvalue weighted by molar-refractivity contribution is 5.73. The van der Waals surface area contributed by atoms with Crippen LogP contribution < -0.4 is 10.2 Å². The molecule has 3 heterocycles. The lowest BCUT2D eigenvalue weighted by Crippen LogP contribution is -2.48. The Bertz CT molecular complexity index is 537. The Morgan fingerprint density at radius 3 is 2.73 bits per heavy atom. The van der Waals surface area contributed by atoms with Gasteiger partial charge >= 0.3 is 0 Å². The van der Waals surface area contributed by atoms with Crippen molar-refractivity contribution in [3.8, 4) is 0 Å². The van der Waals surface area contributed by atoms with E-state index in [1.165, 1.54) is 0 Å². The van der Waals surface area contributed by atoms with Crippen molar-refractivity contribution < 1.29 is 9.53 Å². The van der Waals surface area contributed by atoms with Crippen LogP contribution in [0, 0.1) is 6.92 Å². The van der Waals surface area contributed by atoms with Gasteiger partial charge < -0.3 is 19.9 Å². The zero-order chi connectivity index (χ0) is 15.5. The molecule has 2 aliphatic heterocycles. The predicted octanol–water partition coefficient (Wildman–Crippen LogP) is 0.114. The van der Waals surface area contributed by atoms with Crippen LogP contribution in [0.4, 0.5) is 5.82 Å². The van der Waals surface area contributed by atoms with Gasteiger partial charge in [0, 0.05) is 45.7 Å². The molecule has 1 atom stereocenters. The van der Waals surface area contributed by atoms with Crippen LogP contribution in [0.15, 0.2) is 6.07 Å². The zero-order valence-corrected chi connectivity index (χ0v) is 13.2. The van der Waals surface area contributed by atoms with Gasteiger partial charge in [-0.2, -0.15) is 0 Å². The van der Waals surface area contributed by atoms with E-state index in [0.29, 0.717) is 6.61 Å². The summed E-state index contributed by atoms with van der Waals surface area (Å²) in [5, 5.41) is 3.43. The molecule has 0 aliphatic carbocycles. The number of piperazine rings is 1. The van der Waals surface area contributed by atoms with Gasteiger partial charge in [0.15, 0.2) is 0 Å². The molecule has 120 valence electrons. The maximum atomic E-state index is 11.4. The fraction of sp³-hybridized carbons (Fsp3) is 0.667. The number of hydrogen-bond acceptors (Lipinski definition) is 6. The summed E-state index contributed by atoms with van der Waals surface area (Å²) < 4.78 is 5.52. The van der Waals surface area contributed by atoms with Gasteiger partial charge in [-0.05, 0) is 6.92 Å². The van der Waals surface area contributed by atoms with Crippen LogP contribution in [0.3, 0.4) is 0 Å². The largest absolute Gasteiger partial charge is 0.378 e. The number of carbonyl (C=O) groups excluding carboxylic acids is 1. The van der Waals surface area contributed by atoms with Crippen LogP contribution in [-0.2, 0) is 9.53 Å². The Kier molecular flexibility index (Phi) is 4.54. The molecule has 7 heteroatoms. The molecule has 2 aliphatic rings. The minimum absolute atomic E-state index is 0.132. The highest BCUT2D eigenvalue weighted by Crippen LogP contribution is 2.20. The maximum absolute atomic E-state index is 11.4. The standard InChI is InChI=1S/C15H23N5O2/c1-11-17-13(14-10-22-8-3-16-14)9-15(18-11)20-6-4-19(5-7-20)12(2)21/h9,14,16H,3-8,10H2,1-2H3/t14-/m0/s1. The molecule has 0 bridgehead atoms. The molecule has 0 aromatic carbocycles.